The lowest BCUT2D eigenvalue weighted by Gasteiger charge is -2.21. The maximum Gasteiger partial charge on any atom is 0.349 e. The predicted molar refractivity (Wildman–Crippen MR) is 118 cm³/mol. The molecule has 0 aliphatic heterocycles. The van der Waals surface area contributed by atoms with Crippen molar-refractivity contribution in [1.29, 1.82) is 0 Å². The summed E-state index contributed by atoms with van der Waals surface area (Å²) in [6, 6.07) is 3.61. The topological polar surface area (TPSA) is 127 Å². The number of amides is 1. The summed E-state index contributed by atoms with van der Waals surface area (Å²) in [5.74, 6) is -0.959. The Morgan fingerprint density at radius 1 is 1.24 bits per heavy atom. The molecule has 0 saturated heterocycles. The Morgan fingerprint density at radius 3 is 2.52 bits per heavy atom. The van der Waals surface area contributed by atoms with Crippen LogP contribution >= 0.6 is 0 Å². The Kier molecular flexibility index (Phi) is 6.81. The molecule has 3 rings (SSSR count). The minimum Gasteiger partial charge on any atom is -0.305 e. The van der Waals surface area contributed by atoms with E-state index in [0.29, 0.717) is 31.3 Å². The number of aromatic nitrogens is 4. The van der Waals surface area contributed by atoms with Gasteiger partial charge in [-0.05, 0) is 31.5 Å². The number of hydrogen-bond donors (Lipinski definition) is 1. The van der Waals surface area contributed by atoms with E-state index in [2.05, 4.69) is 10.1 Å². The largest absolute Gasteiger partial charge is 0.349 e. The molecule has 0 aliphatic rings. The van der Waals surface area contributed by atoms with Crippen LogP contribution in [0.2, 0.25) is 0 Å². The van der Waals surface area contributed by atoms with Gasteiger partial charge in [-0.2, -0.15) is 5.10 Å². The Balaban J connectivity index is 2.36. The minimum absolute atomic E-state index is 0.00392. The summed E-state index contributed by atoms with van der Waals surface area (Å²) in [6.45, 7) is 3.92. The molecule has 0 saturated carbocycles. The van der Waals surface area contributed by atoms with Crippen molar-refractivity contribution >= 4 is 26.8 Å². The summed E-state index contributed by atoms with van der Waals surface area (Å²) < 4.78 is 54.1. The van der Waals surface area contributed by atoms with Gasteiger partial charge in [0, 0.05) is 30.3 Å². The summed E-state index contributed by atoms with van der Waals surface area (Å²) in [5, 5.41) is 3.82. The van der Waals surface area contributed by atoms with Gasteiger partial charge in [-0.15, -0.1) is 9.09 Å². The zero-order valence-electron chi connectivity index (χ0n) is 18.2. The van der Waals surface area contributed by atoms with Crippen molar-refractivity contribution in [3.8, 4) is 11.3 Å². The van der Waals surface area contributed by atoms with Gasteiger partial charge in [0.1, 0.15) is 0 Å². The molecular formula is C20H23F2N5O5S. The van der Waals surface area contributed by atoms with Crippen LogP contribution in [0.15, 0.2) is 34.0 Å². The van der Waals surface area contributed by atoms with Crippen molar-refractivity contribution < 1.29 is 22.0 Å². The molecule has 0 atom stereocenters. The highest BCUT2D eigenvalue weighted by atomic mass is 32.2. The Labute approximate surface area is 187 Å². The van der Waals surface area contributed by atoms with Gasteiger partial charge in [0.15, 0.2) is 0 Å². The molecule has 0 unspecified atom stereocenters. The third kappa shape index (κ3) is 4.58. The normalized spacial score (nSPS) is 11.9. The first kappa shape index (κ1) is 24.3. The number of aromatic amines is 1. The summed E-state index contributed by atoms with van der Waals surface area (Å²) in [7, 11) is -4.35. The highest BCUT2D eigenvalue weighted by Gasteiger charge is 2.29. The van der Waals surface area contributed by atoms with Gasteiger partial charge < -0.3 is 4.98 Å². The Morgan fingerprint density at radius 2 is 1.94 bits per heavy atom. The number of sulfonamides is 1. The number of nitrogens with zero attached hydrogens (tertiary/aromatic N) is 4. The van der Waals surface area contributed by atoms with Crippen molar-refractivity contribution in [1.82, 2.24) is 19.4 Å². The average molecular weight is 483 g/mol. The monoisotopic (exact) mass is 483 g/mol. The van der Waals surface area contributed by atoms with Gasteiger partial charge in [-0.25, -0.2) is 22.0 Å². The number of nitrogens with one attached hydrogen (secondary N) is 1. The quantitative estimate of drug-likeness (QED) is 0.523. The lowest BCUT2D eigenvalue weighted by molar-refractivity contribution is -0.118. The second kappa shape index (κ2) is 9.25. The molecule has 0 spiro atoms. The van der Waals surface area contributed by atoms with Gasteiger partial charge >= 0.3 is 5.69 Å². The fourth-order valence-corrected chi connectivity index (χ4v) is 4.43. The number of carbonyl (C=O) groups excluding carboxylic acids is 1. The first-order chi connectivity index (χ1) is 15.5. The molecule has 1 aromatic carbocycles. The summed E-state index contributed by atoms with van der Waals surface area (Å²) in [6.07, 6.45) is -0.109. The molecular weight excluding hydrogens is 460 g/mol. The third-order valence-electron chi connectivity index (χ3n) is 5.03. The smallest absolute Gasteiger partial charge is 0.305 e. The van der Waals surface area contributed by atoms with Gasteiger partial charge in [0.05, 0.1) is 22.9 Å². The molecule has 0 fully saturated rings. The number of aryl methyl sites for hydroxylation is 1. The summed E-state index contributed by atoms with van der Waals surface area (Å²) in [4.78, 5) is 40.8. The standard InChI is InChI=1S/C20H23F2N5O5S/c1-4-6-7-17(28)27(33(3,31)32)26-19(29)14-10-12(16-8-9-23-25(16)5-2)13(18(21)22)11-15(14)24-20(26)30/h8-11,18H,4-7H2,1-3H3,(H,24,30). The highest BCUT2D eigenvalue weighted by molar-refractivity contribution is 7.92. The molecule has 0 bridgehead atoms. The lowest BCUT2D eigenvalue weighted by Crippen LogP contribution is -2.55. The molecule has 33 heavy (non-hydrogen) atoms. The maximum absolute atomic E-state index is 13.8. The number of rotatable bonds is 8. The SMILES string of the molecule is CCCCC(=O)N(n1c(=O)[nH]c2cc(C(F)F)c(-c3ccnn3CC)cc2c1=O)S(C)(=O)=O. The maximum atomic E-state index is 13.8. The van der Waals surface area contributed by atoms with Crippen LogP contribution in [0.4, 0.5) is 8.78 Å². The Bertz CT molecular complexity index is 1420. The molecule has 2 heterocycles. The van der Waals surface area contributed by atoms with Gasteiger partial charge in [0.2, 0.25) is 0 Å². The van der Waals surface area contributed by atoms with E-state index in [1.165, 1.54) is 16.9 Å². The third-order valence-corrected chi connectivity index (χ3v) is 6.02. The van der Waals surface area contributed by atoms with E-state index in [1.807, 2.05) is 0 Å². The molecule has 13 heteroatoms. The van der Waals surface area contributed by atoms with Crippen LogP contribution in [0.25, 0.3) is 22.2 Å². The van der Waals surface area contributed by atoms with Crippen LogP contribution in [0, 0.1) is 0 Å². The zero-order chi connectivity index (χ0) is 24.5. The van der Waals surface area contributed by atoms with E-state index in [4.69, 9.17) is 0 Å². The summed E-state index contributed by atoms with van der Waals surface area (Å²) in [5.41, 5.74) is -2.72. The molecule has 10 nitrogen and oxygen atoms in total. The van der Waals surface area contributed by atoms with Crippen molar-refractivity contribution in [3.63, 3.8) is 0 Å². The van der Waals surface area contributed by atoms with E-state index < -0.39 is 39.2 Å². The second-order valence-corrected chi connectivity index (χ2v) is 9.18. The van der Waals surface area contributed by atoms with Gasteiger partial charge in [0.25, 0.3) is 27.9 Å². The predicted octanol–water partition coefficient (Wildman–Crippen LogP) is 2.13. The fourth-order valence-electron chi connectivity index (χ4n) is 3.52. The zero-order valence-corrected chi connectivity index (χ0v) is 19.0. The summed E-state index contributed by atoms with van der Waals surface area (Å²) >= 11 is 0. The molecule has 1 amide bonds. The number of carbonyl (C=O) groups is 1. The van der Waals surface area contributed by atoms with Crippen molar-refractivity contribution in [2.75, 3.05) is 10.7 Å². The molecule has 3 aromatic rings. The van der Waals surface area contributed by atoms with Crippen LogP contribution in [0.3, 0.4) is 0 Å². The van der Waals surface area contributed by atoms with Crippen molar-refractivity contribution in [2.45, 2.75) is 46.1 Å². The van der Waals surface area contributed by atoms with Crippen LogP contribution < -0.4 is 15.7 Å². The number of H-pyrrole nitrogens is 1. The first-order valence-corrected chi connectivity index (χ1v) is 12.0. The molecule has 2 aromatic heterocycles. The van der Waals surface area contributed by atoms with E-state index in [-0.39, 0.29) is 32.0 Å². The first-order valence-electron chi connectivity index (χ1n) is 10.2. The van der Waals surface area contributed by atoms with E-state index in [9.17, 15) is 31.6 Å². The number of alkyl halides is 2. The average Bonchev–Trinajstić information content (AvgIpc) is 3.21. The van der Waals surface area contributed by atoms with Crippen LogP contribution in [0.1, 0.15) is 45.1 Å². The van der Waals surface area contributed by atoms with E-state index >= 15 is 0 Å². The molecule has 178 valence electrons. The van der Waals surface area contributed by atoms with Crippen molar-refractivity contribution in [2.24, 2.45) is 0 Å². The van der Waals surface area contributed by atoms with Crippen molar-refractivity contribution in [3.05, 3.63) is 50.8 Å². The number of fused-ring (bicyclic) bond motifs is 1. The van der Waals surface area contributed by atoms with Crippen LogP contribution in [0.5, 0.6) is 0 Å². The van der Waals surface area contributed by atoms with E-state index in [1.54, 1.807) is 13.8 Å². The Hall–Kier alpha value is -3.35. The van der Waals surface area contributed by atoms with E-state index in [0.717, 1.165) is 12.1 Å². The molecule has 0 radical (unpaired) electrons. The number of unbranched alkanes of at least 4 members (excludes halogenated alkanes) is 1. The van der Waals surface area contributed by atoms with Crippen LogP contribution in [-0.4, -0.2) is 40.0 Å². The minimum atomic E-state index is -4.35. The van der Waals surface area contributed by atoms with Gasteiger partial charge in [-0.3, -0.25) is 14.3 Å². The van der Waals surface area contributed by atoms with Crippen LogP contribution in [-0.2, 0) is 21.4 Å². The lowest BCUT2D eigenvalue weighted by atomic mass is 10.0. The number of hydrogen-bond acceptors (Lipinski definition) is 6. The number of halogens is 2. The molecule has 0 aliphatic carbocycles. The molecule has 1 N–H and O–H groups in total. The van der Waals surface area contributed by atoms with Gasteiger partial charge in [-0.1, -0.05) is 13.3 Å². The fraction of sp³-hybridized carbons (Fsp3) is 0.400. The highest BCUT2D eigenvalue weighted by Crippen LogP contribution is 2.33. The second-order valence-electron chi connectivity index (χ2n) is 7.37. The number of benzene rings is 1.